The summed E-state index contributed by atoms with van der Waals surface area (Å²) in [5.41, 5.74) is 0.235. The molecular formula is C9H6N2O3. The Bertz CT molecular complexity index is 511. The number of benzene rings is 1. The number of aromatic nitrogens is 2. The Balaban J connectivity index is 2.94. The van der Waals surface area contributed by atoms with Gasteiger partial charge in [0.25, 0.3) is 17.2 Å². The van der Waals surface area contributed by atoms with Gasteiger partial charge in [-0.25, -0.2) is 0 Å². The normalized spacial score (nSPS) is 10.3. The quantitative estimate of drug-likeness (QED) is 0.358. The number of carbonyl (C=O) groups excluding carboxylic acids is 1. The molecule has 5 nitrogen and oxygen atoms in total. The van der Waals surface area contributed by atoms with Gasteiger partial charge < -0.3 is 10.4 Å². The Hall–Kier alpha value is -2.17. The largest absolute Gasteiger partial charge is 0.618 e. The first kappa shape index (κ1) is 8.43. The molecule has 0 spiro atoms. The van der Waals surface area contributed by atoms with Gasteiger partial charge in [0.2, 0.25) is 6.29 Å². The fourth-order valence-electron chi connectivity index (χ4n) is 1.28. The Labute approximate surface area is 79.0 Å². The van der Waals surface area contributed by atoms with Crippen LogP contribution in [0.25, 0.3) is 11.0 Å². The molecule has 14 heavy (non-hydrogen) atoms. The van der Waals surface area contributed by atoms with Crippen LogP contribution < -0.4 is 9.46 Å². The van der Waals surface area contributed by atoms with E-state index in [1.165, 1.54) is 12.1 Å². The number of carbonyl (C=O) groups is 1. The minimum absolute atomic E-state index is 0.187. The molecule has 0 aliphatic heterocycles. The maximum atomic E-state index is 11.4. The van der Waals surface area contributed by atoms with E-state index in [0.717, 1.165) is 6.20 Å². The van der Waals surface area contributed by atoms with Crippen molar-refractivity contribution in [2.24, 2.45) is 0 Å². The molecule has 70 valence electrons. The highest BCUT2D eigenvalue weighted by Crippen LogP contribution is 2.03. The molecular weight excluding hydrogens is 184 g/mol. The lowest BCUT2D eigenvalue weighted by atomic mass is 10.3. The molecule has 0 atom stereocenters. The van der Waals surface area contributed by atoms with Crippen LogP contribution >= 0.6 is 0 Å². The van der Waals surface area contributed by atoms with E-state index in [2.05, 4.69) is 0 Å². The van der Waals surface area contributed by atoms with Gasteiger partial charge in [-0.1, -0.05) is 12.1 Å². The highest BCUT2D eigenvalue weighted by Gasteiger charge is 2.17. The van der Waals surface area contributed by atoms with Gasteiger partial charge in [0, 0.05) is 12.1 Å². The molecule has 0 fully saturated rings. The molecule has 1 heterocycles. The fraction of sp³-hybridized carbons (Fsp3) is 0. The third kappa shape index (κ3) is 1.06. The van der Waals surface area contributed by atoms with Crippen molar-refractivity contribution in [1.29, 1.82) is 0 Å². The standard InChI is InChI=1S/C9H6N2O3/c12-6-7-5-10(13)8-3-1-2-4-9(8)11(7)14/h1-6H. The van der Waals surface area contributed by atoms with Crippen molar-refractivity contribution < 1.29 is 14.3 Å². The summed E-state index contributed by atoms with van der Waals surface area (Å²) in [5.74, 6) is 0. The van der Waals surface area contributed by atoms with Crippen LogP contribution in [0.2, 0.25) is 0 Å². The van der Waals surface area contributed by atoms with Gasteiger partial charge in [0.1, 0.15) is 0 Å². The molecule has 0 aliphatic rings. The molecule has 0 aliphatic carbocycles. The molecule has 0 bridgehead atoms. The van der Waals surface area contributed by atoms with Gasteiger partial charge >= 0.3 is 5.69 Å². The maximum absolute atomic E-state index is 11.4. The van der Waals surface area contributed by atoms with Gasteiger partial charge in [-0.3, -0.25) is 4.79 Å². The van der Waals surface area contributed by atoms with E-state index in [0.29, 0.717) is 15.7 Å². The third-order valence-electron chi connectivity index (χ3n) is 1.94. The van der Waals surface area contributed by atoms with Crippen molar-refractivity contribution in [3.05, 3.63) is 46.6 Å². The van der Waals surface area contributed by atoms with Crippen LogP contribution in [0.4, 0.5) is 0 Å². The average Bonchev–Trinajstić information content (AvgIpc) is 2.23. The molecule has 0 amide bonds. The number of hydrogen-bond donors (Lipinski definition) is 0. The Morgan fingerprint density at radius 1 is 1.14 bits per heavy atom. The van der Waals surface area contributed by atoms with E-state index in [9.17, 15) is 15.2 Å². The second kappa shape index (κ2) is 2.95. The van der Waals surface area contributed by atoms with E-state index in [4.69, 9.17) is 0 Å². The van der Waals surface area contributed by atoms with Crippen LogP contribution in [0.15, 0.2) is 30.5 Å². The zero-order valence-electron chi connectivity index (χ0n) is 7.08. The fourth-order valence-corrected chi connectivity index (χ4v) is 1.28. The topological polar surface area (TPSA) is 71.0 Å². The predicted molar refractivity (Wildman–Crippen MR) is 47.3 cm³/mol. The van der Waals surface area contributed by atoms with Crippen LogP contribution in [0.1, 0.15) is 10.5 Å². The summed E-state index contributed by atoms with van der Waals surface area (Å²) >= 11 is 0. The van der Waals surface area contributed by atoms with Crippen molar-refractivity contribution in [3.63, 3.8) is 0 Å². The Morgan fingerprint density at radius 3 is 2.43 bits per heavy atom. The highest BCUT2D eigenvalue weighted by atomic mass is 16.5. The van der Waals surface area contributed by atoms with E-state index in [-0.39, 0.29) is 16.7 Å². The summed E-state index contributed by atoms with van der Waals surface area (Å²) in [6.45, 7) is 0. The monoisotopic (exact) mass is 190 g/mol. The van der Waals surface area contributed by atoms with Gasteiger partial charge in [0.15, 0.2) is 0 Å². The van der Waals surface area contributed by atoms with Gasteiger partial charge in [-0.2, -0.15) is 9.46 Å². The molecule has 0 saturated carbocycles. The molecule has 1 aromatic carbocycles. The predicted octanol–water partition coefficient (Wildman–Crippen LogP) is -0.0809. The first-order chi connectivity index (χ1) is 6.74. The van der Waals surface area contributed by atoms with Crippen LogP contribution in [0, 0.1) is 10.4 Å². The van der Waals surface area contributed by atoms with E-state index in [1.807, 2.05) is 0 Å². The summed E-state index contributed by atoms with van der Waals surface area (Å²) in [6.07, 6.45) is 1.32. The Morgan fingerprint density at radius 2 is 1.79 bits per heavy atom. The van der Waals surface area contributed by atoms with Gasteiger partial charge in [0.05, 0.1) is 0 Å². The summed E-state index contributed by atoms with van der Waals surface area (Å²) < 4.78 is 0.949. The zero-order chi connectivity index (χ0) is 10.1. The maximum Gasteiger partial charge on any atom is 0.322 e. The number of para-hydroxylation sites is 2. The van der Waals surface area contributed by atoms with E-state index < -0.39 is 0 Å². The lowest BCUT2D eigenvalue weighted by Gasteiger charge is -2.03. The summed E-state index contributed by atoms with van der Waals surface area (Å²) in [4.78, 5) is 10.5. The Kier molecular flexibility index (Phi) is 1.78. The lowest BCUT2D eigenvalue weighted by Crippen LogP contribution is -2.41. The lowest BCUT2D eigenvalue weighted by molar-refractivity contribution is -0.629. The zero-order valence-corrected chi connectivity index (χ0v) is 7.08. The smallest absolute Gasteiger partial charge is 0.322 e. The van der Waals surface area contributed by atoms with Crippen LogP contribution in [-0.2, 0) is 0 Å². The highest BCUT2D eigenvalue weighted by molar-refractivity contribution is 5.72. The summed E-state index contributed by atoms with van der Waals surface area (Å²) in [5, 5.41) is 22.8. The van der Waals surface area contributed by atoms with E-state index in [1.54, 1.807) is 12.1 Å². The van der Waals surface area contributed by atoms with Crippen LogP contribution in [0.3, 0.4) is 0 Å². The number of fused-ring (bicyclic) bond motifs is 1. The van der Waals surface area contributed by atoms with Crippen molar-refractivity contribution >= 4 is 17.3 Å². The van der Waals surface area contributed by atoms with Crippen molar-refractivity contribution in [2.45, 2.75) is 0 Å². The molecule has 0 saturated heterocycles. The van der Waals surface area contributed by atoms with Crippen molar-refractivity contribution in [3.8, 4) is 0 Å². The molecule has 2 aromatic rings. The second-order valence-corrected chi connectivity index (χ2v) is 2.78. The minimum Gasteiger partial charge on any atom is -0.618 e. The molecule has 5 heteroatoms. The second-order valence-electron chi connectivity index (χ2n) is 2.78. The number of aldehydes is 1. The van der Waals surface area contributed by atoms with Gasteiger partial charge in [-0.05, 0) is 0 Å². The SMILES string of the molecule is O=Cc1c[n+]([O-])c2ccccc2[n+]1[O-]. The molecule has 1 aromatic heterocycles. The molecule has 2 rings (SSSR count). The number of rotatable bonds is 1. The first-order valence-electron chi connectivity index (χ1n) is 3.93. The average molecular weight is 190 g/mol. The molecule has 0 unspecified atom stereocenters. The summed E-state index contributed by atoms with van der Waals surface area (Å²) in [7, 11) is 0. The van der Waals surface area contributed by atoms with Gasteiger partial charge in [-0.15, -0.1) is 0 Å². The third-order valence-corrected chi connectivity index (χ3v) is 1.94. The number of hydrogen-bond acceptors (Lipinski definition) is 3. The van der Waals surface area contributed by atoms with Crippen LogP contribution in [0.5, 0.6) is 0 Å². The minimum atomic E-state index is -0.196. The number of nitrogens with zero attached hydrogens (tertiary/aromatic N) is 2. The van der Waals surface area contributed by atoms with Crippen LogP contribution in [-0.4, -0.2) is 6.29 Å². The summed E-state index contributed by atoms with van der Waals surface area (Å²) in [6, 6.07) is 6.29. The first-order valence-corrected chi connectivity index (χ1v) is 3.93. The molecule has 0 radical (unpaired) electrons. The van der Waals surface area contributed by atoms with E-state index >= 15 is 0 Å². The molecule has 0 N–H and O–H groups in total. The van der Waals surface area contributed by atoms with Crippen molar-refractivity contribution in [1.82, 2.24) is 0 Å². The van der Waals surface area contributed by atoms with Crippen molar-refractivity contribution in [2.75, 3.05) is 0 Å².